The molecule has 1 saturated heterocycles. The Balaban J connectivity index is 1.95. The van der Waals surface area contributed by atoms with E-state index in [0.717, 1.165) is 19.0 Å². The minimum atomic E-state index is 0.652. The van der Waals surface area contributed by atoms with Crippen molar-refractivity contribution in [1.82, 2.24) is 5.32 Å². The van der Waals surface area contributed by atoms with Crippen LogP contribution in [0, 0.1) is 5.92 Å². The summed E-state index contributed by atoms with van der Waals surface area (Å²) in [5.41, 5.74) is 1.34. The molecule has 0 aliphatic carbocycles. The van der Waals surface area contributed by atoms with Gasteiger partial charge in [0.2, 0.25) is 0 Å². The Kier molecular flexibility index (Phi) is 4.43. The van der Waals surface area contributed by atoms with Crippen LogP contribution in [0.1, 0.15) is 26.7 Å². The molecule has 2 atom stereocenters. The van der Waals surface area contributed by atoms with Crippen LogP contribution in [-0.2, 0) is 0 Å². The lowest BCUT2D eigenvalue weighted by Crippen LogP contribution is -2.45. The molecule has 1 fully saturated rings. The minimum Gasteiger partial charge on any atom is -0.370 e. The topological polar surface area (TPSA) is 15.3 Å². The SMILES string of the molecule is CCN(CC1CC(C)CCN1)c1ccccc1. The number of benzene rings is 1. The van der Waals surface area contributed by atoms with E-state index in [4.69, 9.17) is 0 Å². The standard InChI is InChI=1S/C15H24N2/c1-3-17(15-7-5-4-6-8-15)12-14-11-13(2)9-10-16-14/h4-8,13-14,16H,3,9-12H2,1-2H3. The summed E-state index contributed by atoms with van der Waals surface area (Å²) >= 11 is 0. The molecule has 2 heteroatoms. The number of hydrogen-bond acceptors (Lipinski definition) is 2. The molecule has 1 heterocycles. The third kappa shape index (κ3) is 3.47. The highest BCUT2D eigenvalue weighted by Gasteiger charge is 2.20. The van der Waals surface area contributed by atoms with Gasteiger partial charge in [-0.15, -0.1) is 0 Å². The Hall–Kier alpha value is -1.02. The molecule has 0 bridgehead atoms. The molecular formula is C15H24N2. The number of anilines is 1. The first-order valence-corrected chi connectivity index (χ1v) is 6.83. The third-order valence-electron chi connectivity index (χ3n) is 3.70. The summed E-state index contributed by atoms with van der Waals surface area (Å²) in [4.78, 5) is 2.47. The zero-order valence-electron chi connectivity index (χ0n) is 11.0. The van der Waals surface area contributed by atoms with Gasteiger partial charge in [-0.25, -0.2) is 0 Å². The predicted molar refractivity (Wildman–Crippen MR) is 74.5 cm³/mol. The normalized spacial score (nSPS) is 24.6. The van der Waals surface area contributed by atoms with Crippen molar-refractivity contribution in [2.24, 2.45) is 5.92 Å². The first kappa shape index (κ1) is 12.4. The summed E-state index contributed by atoms with van der Waals surface area (Å²) < 4.78 is 0. The Morgan fingerprint density at radius 1 is 1.29 bits per heavy atom. The zero-order valence-corrected chi connectivity index (χ0v) is 11.0. The monoisotopic (exact) mass is 232 g/mol. The summed E-state index contributed by atoms with van der Waals surface area (Å²) in [7, 11) is 0. The van der Waals surface area contributed by atoms with Gasteiger partial charge in [-0.05, 0) is 44.4 Å². The van der Waals surface area contributed by atoms with Gasteiger partial charge >= 0.3 is 0 Å². The van der Waals surface area contributed by atoms with Crippen LogP contribution < -0.4 is 10.2 Å². The fourth-order valence-corrected chi connectivity index (χ4v) is 2.68. The lowest BCUT2D eigenvalue weighted by molar-refractivity contribution is 0.321. The summed E-state index contributed by atoms with van der Waals surface area (Å²) in [5, 5.41) is 3.64. The molecule has 1 aliphatic heterocycles. The van der Waals surface area contributed by atoms with Crippen molar-refractivity contribution in [2.45, 2.75) is 32.7 Å². The second-order valence-electron chi connectivity index (χ2n) is 5.15. The Morgan fingerprint density at radius 2 is 2.06 bits per heavy atom. The van der Waals surface area contributed by atoms with Crippen molar-refractivity contribution in [3.05, 3.63) is 30.3 Å². The number of piperidine rings is 1. The van der Waals surface area contributed by atoms with Gasteiger partial charge in [0, 0.05) is 24.8 Å². The van der Waals surface area contributed by atoms with Crippen LogP contribution in [0.25, 0.3) is 0 Å². The van der Waals surface area contributed by atoms with E-state index in [1.54, 1.807) is 0 Å². The maximum absolute atomic E-state index is 3.64. The van der Waals surface area contributed by atoms with Crippen LogP contribution in [0.2, 0.25) is 0 Å². The molecule has 2 nitrogen and oxygen atoms in total. The fourth-order valence-electron chi connectivity index (χ4n) is 2.68. The Labute approximate surface area is 105 Å². The number of nitrogens with zero attached hydrogens (tertiary/aromatic N) is 1. The smallest absolute Gasteiger partial charge is 0.0366 e. The molecular weight excluding hydrogens is 208 g/mol. The van der Waals surface area contributed by atoms with Gasteiger partial charge in [-0.2, -0.15) is 0 Å². The highest BCUT2D eigenvalue weighted by atomic mass is 15.2. The fraction of sp³-hybridized carbons (Fsp3) is 0.600. The van der Waals surface area contributed by atoms with Gasteiger partial charge in [0.05, 0.1) is 0 Å². The number of likely N-dealkylation sites (N-methyl/N-ethyl adjacent to an activating group) is 1. The number of nitrogens with one attached hydrogen (secondary N) is 1. The average molecular weight is 232 g/mol. The first-order chi connectivity index (χ1) is 8.29. The van der Waals surface area contributed by atoms with Crippen LogP contribution in [0.4, 0.5) is 5.69 Å². The van der Waals surface area contributed by atoms with Crippen molar-refractivity contribution < 1.29 is 0 Å². The molecule has 0 radical (unpaired) electrons. The molecule has 94 valence electrons. The number of rotatable bonds is 4. The van der Waals surface area contributed by atoms with E-state index in [2.05, 4.69) is 54.4 Å². The van der Waals surface area contributed by atoms with E-state index in [9.17, 15) is 0 Å². The third-order valence-corrected chi connectivity index (χ3v) is 3.70. The second-order valence-corrected chi connectivity index (χ2v) is 5.15. The van der Waals surface area contributed by atoms with Crippen molar-refractivity contribution >= 4 is 5.69 Å². The van der Waals surface area contributed by atoms with Crippen molar-refractivity contribution in [3.63, 3.8) is 0 Å². The first-order valence-electron chi connectivity index (χ1n) is 6.83. The zero-order chi connectivity index (χ0) is 12.1. The average Bonchev–Trinajstić information content (AvgIpc) is 2.37. The minimum absolute atomic E-state index is 0.652. The molecule has 1 aromatic rings. The quantitative estimate of drug-likeness (QED) is 0.858. The van der Waals surface area contributed by atoms with E-state index in [1.165, 1.54) is 25.1 Å². The van der Waals surface area contributed by atoms with Crippen molar-refractivity contribution in [1.29, 1.82) is 0 Å². The van der Waals surface area contributed by atoms with Crippen molar-refractivity contribution in [2.75, 3.05) is 24.5 Å². The summed E-state index contributed by atoms with van der Waals surface area (Å²) in [6.45, 7) is 7.99. The van der Waals surface area contributed by atoms with Crippen LogP contribution in [0.5, 0.6) is 0 Å². The highest BCUT2D eigenvalue weighted by Crippen LogP contribution is 2.19. The van der Waals surface area contributed by atoms with Crippen LogP contribution >= 0.6 is 0 Å². The van der Waals surface area contributed by atoms with Gasteiger partial charge < -0.3 is 10.2 Å². The van der Waals surface area contributed by atoms with E-state index in [0.29, 0.717) is 6.04 Å². The molecule has 0 saturated carbocycles. The van der Waals surface area contributed by atoms with E-state index in [-0.39, 0.29) is 0 Å². The van der Waals surface area contributed by atoms with E-state index < -0.39 is 0 Å². The molecule has 2 unspecified atom stereocenters. The second kappa shape index (κ2) is 6.06. The Bertz CT molecular complexity index is 323. The van der Waals surface area contributed by atoms with Crippen LogP contribution in [0.15, 0.2) is 30.3 Å². The largest absolute Gasteiger partial charge is 0.370 e. The molecule has 0 amide bonds. The summed E-state index contributed by atoms with van der Waals surface area (Å²) in [6.07, 6.45) is 2.64. The van der Waals surface area contributed by atoms with Crippen LogP contribution in [-0.4, -0.2) is 25.7 Å². The van der Waals surface area contributed by atoms with Crippen LogP contribution in [0.3, 0.4) is 0 Å². The van der Waals surface area contributed by atoms with Gasteiger partial charge in [0.1, 0.15) is 0 Å². The van der Waals surface area contributed by atoms with Gasteiger partial charge in [0.15, 0.2) is 0 Å². The molecule has 1 aliphatic rings. The predicted octanol–water partition coefficient (Wildman–Crippen LogP) is 2.90. The molecule has 0 aromatic heterocycles. The van der Waals surface area contributed by atoms with E-state index >= 15 is 0 Å². The molecule has 2 rings (SSSR count). The highest BCUT2D eigenvalue weighted by molar-refractivity contribution is 5.45. The maximum Gasteiger partial charge on any atom is 0.0366 e. The molecule has 1 aromatic carbocycles. The van der Waals surface area contributed by atoms with Crippen molar-refractivity contribution in [3.8, 4) is 0 Å². The van der Waals surface area contributed by atoms with Gasteiger partial charge in [0.25, 0.3) is 0 Å². The molecule has 0 spiro atoms. The van der Waals surface area contributed by atoms with E-state index in [1.807, 2.05) is 0 Å². The lowest BCUT2D eigenvalue weighted by Gasteiger charge is -2.33. The molecule has 17 heavy (non-hydrogen) atoms. The summed E-state index contributed by atoms with van der Waals surface area (Å²) in [5.74, 6) is 0.871. The lowest BCUT2D eigenvalue weighted by atomic mass is 9.94. The number of para-hydroxylation sites is 1. The summed E-state index contributed by atoms with van der Waals surface area (Å²) in [6, 6.07) is 11.4. The maximum atomic E-state index is 3.64. The Morgan fingerprint density at radius 3 is 2.71 bits per heavy atom. The van der Waals surface area contributed by atoms with Gasteiger partial charge in [-0.3, -0.25) is 0 Å². The van der Waals surface area contributed by atoms with Gasteiger partial charge in [-0.1, -0.05) is 25.1 Å². The number of hydrogen-bond donors (Lipinski definition) is 1. The molecule has 1 N–H and O–H groups in total.